The highest BCUT2D eigenvalue weighted by atomic mass is 32.2. The summed E-state index contributed by atoms with van der Waals surface area (Å²) in [7, 11) is -3.25. The third kappa shape index (κ3) is 6.11. The second kappa shape index (κ2) is 11.5. The molecule has 7 nitrogen and oxygen atoms in total. The summed E-state index contributed by atoms with van der Waals surface area (Å²) in [5.41, 5.74) is 2.11. The number of hydrogen-bond donors (Lipinski definition) is 0. The van der Waals surface area contributed by atoms with E-state index in [2.05, 4.69) is 45.4 Å². The highest BCUT2D eigenvalue weighted by molar-refractivity contribution is 7.90. The van der Waals surface area contributed by atoms with Gasteiger partial charge in [0.25, 0.3) is 0 Å². The van der Waals surface area contributed by atoms with Crippen LogP contribution in [-0.4, -0.2) is 49.3 Å². The zero-order chi connectivity index (χ0) is 27.3. The highest BCUT2D eigenvalue weighted by Gasteiger charge is 2.35. The molecule has 1 aliphatic rings. The van der Waals surface area contributed by atoms with Gasteiger partial charge >= 0.3 is 0 Å². The Hall–Kier alpha value is -3.80. The number of benzene rings is 3. The number of likely N-dealkylation sites (tertiary alicyclic amines) is 1. The molecular weight excluding hydrogens is 508 g/mol. The minimum Gasteiger partial charge on any atom is -0.339 e. The number of nitriles is 1. The Kier molecular flexibility index (Phi) is 7.92. The van der Waals surface area contributed by atoms with Crippen molar-refractivity contribution in [2.24, 2.45) is 5.92 Å². The topological polar surface area (TPSA) is 100 Å². The van der Waals surface area contributed by atoms with Gasteiger partial charge < -0.3 is 9.42 Å². The molecule has 2 heterocycles. The SMILES string of the molecule is CS(=O)(=O)c1ccc(-c2noc(CC3CCN(CCC(C#N)(c4ccccc4)c4ccccc4)CC3)n2)cc1. The van der Waals surface area contributed by atoms with Gasteiger partial charge in [-0.05, 0) is 73.7 Å². The fourth-order valence-electron chi connectivity index (χ4n) is 5.38. The average Bonchev–Trinajstić information content (AvgIpc) is 3.44. The molecule has 5 rings (SSSR count). The highest BCUT2D eigenvalue weighted by Crippen LogP contribution is 2.36. The van der Waals surface area contributed by atoms with E-state index in [1.807, 2.05) is 36.4 Å². The third-order valence-electron chi connectivity index (χ3n) is 7.71. The molecule has 0 radical (unpaired) electrons. The van der Waals surface area contributed by atoms with Gasteiger partial charge in [-0.25, -0.2) is 8.42 Å². The van der Waals surface area contributed by atoms with E-state index in [1.165, 1.54) is 6.26 Å². The summed E-state index contributed by atoms with van der Waals surface area (Å²) in [4.78, 5) is 7.28. The van der Waals surface area contributed by atoms with Gasteiger partial charge in [-0.2, -0.15) is 10.2 Å². The van der Waals surface area contributed by atoms with Crippen LogP contribution in [-0.2, 0) is 21.7 Å². The van der Waals surface area contributed by atoms with Crippen LogP contribution in [0.4, 0.5) is 0 Å². The monoisotopic (exact) mass is 540 g/mol. The van der Waals surface area contributed by atoms with E-state index in [4.69, 9.17) is 4.52 Å². The molecule has 0 atom stereocenters. The predicted octanol–water partition coefficient (Wildman–Crippen LogP) is 5.29. The van der Waals surface area contributed by atoms with E-state index in [9.17, 15) is 13.7 Å². The van der Waals surface area contributed by atoms with Gasteiger partial charge in [-0.15, -0.1) is 0 Å². The summed E-state index contributed by atoms with van der Waals surface area (Å²) in [6, 6.07) is 29.4. The van der Waals surface area contributed by atoms with Gasteiger partial charge in [0.2, 0.25) is 11.7 Å². The third-order valence-corrected chi connectivity index (χ3v) is 8.83. The summed E-state index contributed by atoms with van der Waals surface area (Å²) >= 11 is 0. The van der Waals surface area contributed by atoms with Gasteiger partial charge in [-0.1, -0.05) is 65.8 Å². The van der Waals surface area contributed by atoms with Gasteiger partial charge in [0, 0.05) is 24.8 Å². The van der Waals surface area contributed by atoms with Crippen LogP contribution in [0, 0.1) is 17.2 Å². The molecular formula is C31H32N4O3S. The molecule has 8 heteroatoms. The quantitative estimate of drug-likeness (QED) is 0.284. The maximum absolute atomic E-state index is 11.7. The van der Waals surface area contributed by atoms with Crippen LogP contribution in [0.3, 0.4) is 0 Å². The van der Waals surface area contributed by atoms with Crippen LogP contribution in [0.5, 0.6) is 0 Å². The number of rotatable bonds is 9. The minimum absolute atomic E-state index is 0.265. The summed E-state index contributed by atoms with van der Waals surface area (Å²) in [6.45, 7) is 2.77. The molecule has 1 fully saturated rings. The van der Waals surface area contributed by atoms with Crippen molar-refractivity contribution in [1.82, 2.24) is 15.0 Å². The lowest BCUT2D eigenvalue weighted by Gasteiger charge is -2.35. The lowest BCUT2D eigenvalue weighted by molar-refractivity contribution is 0.171. The Labute approximate surface area is 230 Å². The molecule has 3 aromatic carbocycles. The van der Waals surface area contributed by atoms with E-state index in [-0.39, 0.29) is 4.90 Å². The molecule has 1 aromatic heterocycles. The van der Waals surface area contributed by atoms with E-state index in [0.717, 1.165) is 62.0 Å². The van der Waals surface area contributed by atoms with Gasteiger partial charge in [0.1, 0.15) is 5.41 Å². The van der Waals surface area contributed by atoms with Gasteiger partial charge in [0.05, 0.1) is 11.0 Å². The van der Waals surface area contributed by atoms with Crippen LogP contribution < -0.4 is 0 Å². The zero-order valence-electron chi connectivity index (χ0n) is 22.0. The molecule has 0 saturated carbocycles. The van der Waals surface area contributed by atoms with Gasteiger partial charge in [-0.3, -0.25) is 0 Å². The smallest absolute Gasteiger partial charge is 0.227 e. The maximum atomic E-state index is 11.7. The van der Waals surface area contributed by atoms with Crippen molar-refractivity contribution in [2.45, 2.75) is 36.0 Å². The fourth-order valence-corrected chi connectivity index (χ4v) is 6.01. The van der Waals surface area contributed by atoms with Crippen molar-refractivity contribution < 1.29 is 12.9 Å². The molecule has 200 valence electrons. The Morgan fingerprint density at radius 2 is 1.54 bits per heavy atom. The number of aromatic nitrogens is 2. The Bertz CT molecular complexity index is 1480. The average molecular weight is 541 g/mol. The van der Waals surface area contributed by atoms with E-state index in [1.54, 1.807) is 24.3 Å². The molecule has 0 bridgehead atoms. The second-order valence-corrected chi connectivity index (χ2v) is 12.3. The first kappa shape index (κ1) is 26.8. The number of nitrogens with zero attached hydrogens (tertiary/aromatic N) is 4. The summed E-state index contributed by atoms with van der Waals surface area (Å²) in [5.74, 6) is 1.52. The predicted molar refractivity (Wildman–Crippen MR) is 150 cm³/mol. The molecule has 1 saturated heterocycles. The van der Waals surface area contributed by atoms with Crippen molar-refractivity contribution in [1.29, 1.82) is 5.26 Å². The van der Waals surface area contributed by atoms with Crippen molar-refractivity contribution in [3.63, 3.8) is 0 Å². The number of sulfone groups is 1. The van der Waals surface area contributed by atoms with E-state index in [0.29, 0.717) is 17.6 Å². The molecule has 4 aromatic rings. The van der Waals surface area contributed by atoms with Crippen molar-refractivity contribution >= 4 is 9.84 Å². The Morgan fingerprint density at radius 3 is 2.08 bits per heavy atom. The second-order valence-electron chi connectivity index (χ2n) is 10.3. The van der Waals surface area contributed by atoms with Crippen molar-refractivity contribution in [2.75, 3.05) is 25.9 Å². The zero-order valence-corrected chi connectivity index (χ0v) is 22.8. The summed E-state index contributed by atoms with van der Waals surface area (Å²) in [6.07, 6.45) is 4.69. The fraction of sp³-hybridized carbons (Fsp3) is 0.323. The molecule has 0 spiro atoms. The van der Waals surface area contributed by atoms with Crippen LogP contribution in [0.25, 0.3) is 11.4 Å². The number of piperidine rings is 1. The van der Waals surface area contributed by atoms with Gasteiger partial charge in [0.15, 0.2) is 9.84 Å². The summed E-state index contributed by atoms with van der Waals surface area (Å²) < 4.78 is 28.9. The standard InChI is InChI=1S/C31H32N4O3S/c1-39(36,37)28-14-12-25(13-15-28)30-33-29(38-34-30)22-24-16-19-35(20-17-24)21-18-31(23-32,26-8-4-2-5-9-26)27-10-6-3-7-11-27/h2-15,24H,16-22H2,1H3. The lowest BCUT2D eigenvalue weighted by Crippen LogP contribution is -2.38. The molecule has 0 unspecified atom stereocenters. The molecule has 0 aliphatic carbocycles. The van der Waals surface area contributed by atoms with Crippen LogP contribution >= 0.6 is 0 Å². The summed E-state index contributed by atoms with van der Waals surface area (Å²) in [5, 5.41) is 14.5. The van der Waals surface area contributed by atoms with Crippen molar-refractivity contribution in [3.05, 3.63) is 102 Å². The van der Waals surface area contributed by atoms with E-state index < -0.39 is 15.3 Å². The van der Waals surface area contributed by atoms with E-state index >= 15 is 0 Å². The Balaban J connectivity index is 1.18. The van der Waals surface area contributed by atoms with Crippen LogP contribution in [0.2, 0.25) is 0 Å². The minimum atomic E-state index is -3.25. The lowest BCUT2D eigenvalue weighted by atomic mass is 9.73. The van der Waals surface area contributed by atoms with Crippen LogP contribution in [0.1, 0.15) is 36.3 Å². The molecule has 0 amide bonds. The number of hydrogen-bond acceptors (Lipinski definition) is 7. The Morgan fingerprint density at radius 1 is 0.949 bits per heavy atom. The first-order valence-corrected chi connectivity index (χ1v) is 15.1. The molecule has 0 N–H and O–H groups in total. The first-order valence-electron chi connectivity index (χ1n) is 13.3. The molecule has 39 heavy (non-hydrogen) atoms. The normalized spacial score (nSPS) is 15.2. The van der Waals surface area contributed by atoms with Crippen LogP contribution in [0.15, 0.2) is 94.3 Å². The largest absolute Gasteiger partial charge is 0.339 e. The van der Waals surface area contributed by atoms with Crippen molar-refractivity contribution in [3.8, 4) is 17.5 Å². The first-order chi connectivity index (χ1) is 18.9. The maximum Gasteiger partial charge on any atom is 0.227 e. The molecule has 1 aliphatic heterocycles.